The van der Waals surface area contributed by atoms with Gasteiger partial charge in [0.1, 0.15) is 21.5 Å². The van der Waals surface area contributed by atoms with Gasteiger partial charge in [0.25, 0.3) is 11.5 Å². The summed E-state index contributed by atoms with van der Waals surface area (Å²) in [5.41, 5.74) is 0.391. The van der Waals surface area contributed by atoms with Gasteiger partial charge >= 0.3 is 5.97 Å². The van der Waals surface area contributed by atoms with E-state index in [1.165, 1.54) is 22.2 Å². The van der Waals surface area contributed by atoms with Crippen LogP contribution in [-0.2, 0) is 9.59 Å². The van der Waals surface area contributed by atoms with E-state index in [0.717, 1.165) is 21.6 Å². The van der Waals surface area contributed by atoms with Crippen LogP contribution in [0.4, 0.5) is 0 Å². The second-order valence-electron chi connectivity index (χ2n) is 6.14. The number of carbonyl (C=O) groups excluding carboxylic acids is 1. The van der Waals surface area contributed by atoms with Crippen LogP contribution < -0.4 is 5.56 Å². The number of hydrogen-bond acceptors (Lipinski definition) is 7. The normalized spacial score (nSPS) is 15.3. The standard InChI is InChI=1S/C20H13N3O4S3/c24-16(25)11-23-19(27)14(30-20(23)28)10-13-17(29-12-6-2-1-3-7-12)21-15-8-4-5-9-22(15)18(13)26/h1-10H,11H2,(H,24,25). The molecule has 1 aliphatic rings. The third-order valence-electron chi connectivity index (χ3n) is 4.13. The summed E-state index contributed by atoms with van der Waals surface area (Å²) in [4.78, 5) is 43.5. The smallest absolute Gasteiger partial charge is 0.323 e. The lowest BCUT2D eigenvalue weighted by molar-refractivity contribution is -0.140. The Morgan fingerprint density at radius 1 is 1.17 bits per heavy atom. The van der Waals surface area contributed by atoms with Gasteiger partial charge in [-0.1, -0.05) is 60.0 Å². The number of thiocarbonyl (C=S) groups is 1. The summed E-state index contributed by atoms with van der Waals surface area (Å²) >= 11 is 7.41. The van der Waals surface area contributed by atoms with Crippen LogP contribution in [0.1, 0.15) is 5.56 Å². The molecule has 150 valence electrons. The molecule has 0 saturated carbocycles. The Bertz CT molecular complexity index is 1270. The zero-order chi connectivity index (χ0) is 21.3. The third-order valence-corrected chi connectivity index (χ3v) is 6.52. The molecule has 4 rings (SSSR count). The average Bonchev–Trinajstić information content (AvgIpc) is 2.98. The van der Waals surface area contributed by atoms with E-state index in [0.29, 0.717) is 10.7 Å². The van der Waals surface area contributed by atoms with Gasteiger partial charge in [0.05, 0.1) is 10.5 Å². The van der Waals surface area contributed by atoms with Gasteiger partial charge in [-0.3, -0.25) is 23.7 Å². The van der Waals surface area contributed by atoms with Crippen LogP contribution in [0.25, 0.3) is 11.7 Å². The van der Waals surface area contributed by atoms with Gasteiger partial charge in [-0.15, -0.1) is 0 Å². The molecule has 1 aliphatic heterocycles. The highest BCUT2D eigenvalue weighted by molar-refractivity contribution is 8.26. The largest absolute Gasteiger partial charge is 0.480 e. The number of rotatable bonds is 5. The molecule has 1 saturated heterocycles. The number of fused-ring (bicyclic) bond motifs is 1. The average molecular weight is 456 g/mol. The van der Waals surface area contributed by atoms with Crippen LogP contribution in [0.3, 0.4) is 0 Å². The second kappa shape index (κ2) is 8.42. The molecule has 1 N–H and O–H groups in total. The fourth-order valence-electron chi connectivity index (χ4n) is 2.79. The molecule has 0 atom stereocenters. The Morgan fingerprint density at radius 3 is 2.63 bits per heavy atom. The third kappa shape index (κ3) is 4.02. The summed E-state index contributed by atoms with van der Waals surface area (Å²) in [5.74, 6) is -1.71. The molecular weight excluding hydrogens is 442 g/mol. The van der Waals surface area contributed by atoms with Crippen LogP contribution in [0.2, 0.25) is 0 Å². The molecule has 10 heteroatoms. The number of carboxylic acid groups (broad SMARTS) is 1. The van der Waals surface area contributed by atoms with Crippen LogP contribution >= 0.6 is 35.7 Å². The molecule has 1 amide bonds. The van der Waals surface area contributed by atoms with Crippen LogP contribution in [-0.4, -0.2) is 42.1 Å². The molecule has 0 spiro atoms. The van der Waals surface area contributed by atoms with Gasteiger partial charge in [-0.2, -0.15) is 0 Å². The lowest BCUT2D eigenvalue weighted by atomic mass is 10.2. The molecule has 0 unspecified atom stereocenters. The maximum atomic E-state index is 13.2. The fourth-order valence-corrected chi connectivity index (χ4v) is 4.94. The van der Waals surface area contributed by atoms with E-state index in [1.807, 2.05) is 30.3 Å². The Morgan fingerprint density at radius 2 is 1.90 bits per heavy atom. The molecule has 7 nitrogen and oxygen atoms in total. The van der Waals surface area contributed by atoms with Crippen molar-refractivity contribution in [2.24, 2.45) is 0 Å². The van der Waals surface area contributed by atoms with Crippen molar-refractivity contribution >= 4 is 63.7 Å². The van der Waals surface area contributed by atoms with Crippen LogP contribution in [0.15, 0.2) is 74.3 Å². The Hall–Kier alpha value is -2.95. The van der Waals surface area contributed by atoms with Crippen LogP contribution in [0.5, 0.6) is 0 Å². The van der Waals surface area contributed by atoms with Crippen LogP contribution in [0, 0.1) is 0 Å². The van der Waals surface area contributed by atoms with Crippen molar-refractivity contribution in [3.63, 3.8) is 0 Å². The summed E-state index contributed by atoms with van der Waals surface area (Å²) in [6.45, 7) is -0.525. The van der Waals surface area contributed by atoms with Crippen molar-refractivity contribution in [2.75, 3.05) is 6.54 Å². The number of aliphatic carboxylic acids is 1. The SMILES string of the molecule is O=C(O)CN1C(=O)C(=Cc2c(Sc3ccccc3)nc3ccccn3c2=O)SC1=S. The summed E-state index contributed by atoms with van der Waals surface area (Å²) in [7, 11) is 0. The number of benzene rings is 1. The minimum Gasteiger partial charge on any atom is -0.480 e. The summed E-state index contributed by atoms with van der Waals surface area (Å²) in [5, 5.41) is 9.45. The van der Waals surface area contributed by atoms with Gasteiger partial charge in [-0.05, 0) is 30.3 Å². The van der Waals surface area contributed by atoms with Crippen molar-refractivity contribution in [1.29, 1.82) is 0 Å². The molecule has 3 aromatic rings. The zero-order valence-corrected chi connectivity index (χ0v) is 17.7. The van der Waals surface area contributed by atoms with Crippen molar-refractivity contribution in [2.45, 2.75) is 9.92 Å². The van der Waals surface area contributed by atoms with Gasteiger partial charge in [0, 0.05) is 11.1 Å². The van der Waals surface area contributed by atoms with Gasteiger partial charge in [0.15, 0.2) is 0 Å². The molecule has 1 aromatic carbocycles. The first-order valence-corrected chi connectivity index (χ1v) is 10.7. The lowest BCUT2D eigenvalue weighted by Gasteiger charge is -2.10. The number of hydrogen-bond donors (Lipinski definition) is 1. The Labute approximate surface area is 184 Å². The molecule has 0 aliphatic carbocycles. The minimum atomic E-state index is -1.17. The molecule has 2 aromatic heterocycles. The topological polar surface area (TPSA) is 92.0 Å². The van der Waals surface area contributed by atoms with Crippen molar-refractivity contribution < 1.29 is 14.7 Å². The molecular formula is C20H13N3O4S3. The highest BCUT2D eigenvalue weighted by Gasteiger charge is 2.34. The number of carbonyl (C=O) groups is 2. The molecule has 0 radical (unpaired) electrons. The number of carboxylic acids is 1. The predicted molar refractivity (Wildman–Crippen MR) is 120 cm³/mol. The molecule has 0 bridgehead atoms. The van der Waals surface area contributed by atoms with Gasteiger partial charge in [0.2, 0.25) is 0 Å². The van der Waals surface area contributed by atoms with E-state index in [9.17, 15) is 14.4 Å². The van der Waals surface area contributed by atoms with Gasteiger partial charge < -0.3 is 5.11 Å². The quantitative estimate of drug-likeness (QED) is 0.356. The highest BCUT2D eigenvalue weighted by atomic mass is 32.2. The fraction of sp³-hybridized carbons (Fsp3) is 0.0500. The summed E-state index contributed by atoms with van der Waals surface area (Å²) in [6, 6.07) is 14.7. The Kier molecular flexibility index (Phi) is 5.71. The monoisotopic (exact) mass is 455 g/mol. The molecule has 30 heavy (non-hydrogen) atoms. The van der Waals surface area contributed by atoms with E-state index in [4.69, 9.17) is 17.3 Å². The highest BCUT2D eigenvalue weighted by Crippen LogP contribution is 2.34. The number of amides is 1. The first-order chi connectivity index (χ1) is 14.4. The number of pyridine rings is 1. The predicted octanol–water partition coefficient (Wildman–Crippen LogP) is 3.13. The Balaban J connectivity index is 1.84. The van der Waals surface area contributed by atoms with E-state index in [2.05, 4.69) is 4.98 Å². The minimum absolute atomic E-state index is 0.139. The van der Waals surface area contributed by atoms with E-state index in [1.54, 1.807) is 24.4 Å². The van der Waals surface area contributed by atoms with Crippen molar-refractivity contribution in [3.05, 3.63) is 75.6 Å². The van der Waals surface area contributed by atoms with Gasteiger partial charge in [-0.25, -0.2) is 4.98 Å². The number of thioether (sulfide) groups is 1. The van der Waals surface area contributed by atoms with E-state index in [-0.39, 0.29) is 20.3 Å². The van der Waals surface area contributed by atoms with Crippen molar-refractivity contribution in [3.8, 4) is 0 Å². The maximum Gasteiger partial charge on any atom is 0.323 e. The van der Waals surface area contributed by atoms with E-state index >= 15 is 0 Å². The summed E-state index contributed by atoms with van der Waals surface area (Å²) in [6.07, 6.45) is 3.05. The maximum absolute atomic E-state index is 13.2. The zero-order valence-electron chi connectivity index (χ0n) is 15.2. The lowest BCUT2D eigenvalue weighted by Crippen LogP contribution is -2.33. The van der Waals surface area contributed by atoms with E-state index < -0.39 is 18.4 Å². The first-order valence-electron chi connectivity index (χ1n) is 8.65. The first kappa shape index (κ1) is 20.3. The molecule has 3 heterocycles. The number of nitrogens with zero attached hydrogens (tertiary/aromatic N) is 3. The molecule has 1 fully saturated rings. The second-order valence-corrected chi connectivity index (χ2v) is 8.88. The number of aromatic nitrogens is 2. The summed E-state index contributed by atoms with van der Waals surface area (Å²) < 4.78 is 1.54. The van der Waals surface area contributed by atoms with Crippen molar-refractivity contribution in [1.82, 2.24) is 14.3 Å².